The van der Waals surface area contributed by atoms with Crippen LogP contribution in [0.15, 0.2) is 73.1 Å². The summed E-state index contributed by atoms with van der Waals surface area (Å²) in [5, 5.41) is 6.75. The lowest BCUT2D eigenvalue weighted by Gasteiger charge is -2.35. The number of rotatable bonds is 7. The highest BCUT2D eigenvalue weighted by Gasteiger charge is 2.44. The summed E-state index contributed by atoms with van der Waals surface area (Å²) in [5.41, 5.74) is 4.00. The fraction of sp³-hybridized carbons (Fsp3) is 0.308. The standard InChI is InChI=1S/C39H35F2N9O4/c40-24-7-9-26(29(41)20-24)31-4-2-13-48(31)34-12-14-49-36(44-34)28(21-42-49)30-3-1-5-33(43-30)47-17-15-46(16-18-47)22-23-6-8-25-27(19-23)39(54)50(38(25)53)32-10-11-35(51)45-37(32)52/h1,3,5-9,12,14,19-21,31-32H,2,4,10-11,13,15-18,22H2,(H,45,51,52)/t31-,32?/m1/s1. The molecule has 0 spiro atoms. The Morgan fingerprint density at radius 3 is 2.43 bits per heavy atom. The first-order valence-electron chi connectivity index (χ1n) is 18.1. The van der Waals surface area contributed by atoms with Crippen LogP contribution in [0.2, 0.25) is 0 Å². The van der Waals surface area contributed by atoms with Crippen molar-refractivity contribution in [3.05, 3.63) is 107 Å². The van der Waals surface area contributed by atoms with E-state index in [1.54, 1.807) is 22.8 Å². The predicted molar refractivity (Wildman–Crippen MR) is 193 cm³/mol. The van der Waals surface area contributed by atoms with Crippen molar-refractivity contribution in [1.29, 1.82) is 0 Å². The SMILES string of the molecule is O=C1CCC(N2C(=O)c3ccc(CN4CCN(c5cccc(-c6cnn7ccc(N8CCC[C@@H]8c8ccc(F)cc8F)nc67)n5)CC4)cc3C2=O)C(=O)N1. The van der Waals surface area contributed by atoms with Gasteiger partial charge in [-0.3, -0.25) is 34.3 Å². The Bertz CT molecular complexity index is 2360. The molecule has 1 N–H and O–H groups in total. The van der Waals surface area contributed by atoms with Crippen LogP contribution in [-0.4, -0.2) is 91.8 Å². The molecule has 5 aromatic rings. The van der Waals surface area contributed by atoms with Gasteiger partial charge in [-0.1, -0.05) is 18.2 Å². The molecule has 9 rings (SSSR count). The van der Waals surface area contributed by atoms with E-state index in [1.165, 1.54) is 12.1 Å². The average molecular weight is 732 g/mol. The molecule has 54 heavy (non-hydrogen) atoms. The van der Waals surface area contributed by atoms with Crippen molar-refractivity contribution in [2.75, 3.05) is 42.5 Å². The third kappa shape index (κ3) is 5.93. The molecule has 4 aliphatic heterocycles. The predicted octanol–water partition coefficient (Wildman–Crippen LogP) is 4.13. The van der Waals surface area contributed by atoms with Crippen molar-refractivity contribution in [3.63, 3.8) is 0 Å². The van der Waals surface area contributed by atoms with E-state index < -0.39 is 41.3 Å². The van der Waals surface area contributed by atoms with E-state index in [-0.39, 0.29) is 30.0 Å². The van der Waals surface area contributed by atoms with Crippen LogP contribution >= 0.6 is 0 Å². The minimum absolute atomic E-state index is 0.0734. The van der Waals surface area contributed by atoms with Gasteiger partial charge in [0.2, 0.25) is 11.8 Å². The van der Waals surface area contributed by atoms with E-state index in [2.05, 4.69) is 25.1 Å². The quantitative estimate of drug-likeness (QED) is 0.244. The highest BCUT2D eigenvalue weighted by Crippen LogP contribution is 2.37. The molecule has 7 heterocycles. The van der Waals surface area contributed by atoms with E-state index in [0.717, 1.165) is 72.6 Å². The molecule has 3 saturated heterocycles. The molecule has 274 valence electrons. The Hall–Kier alpha value is -6.09. The van der Waals surface area contributed by atoms with Gasteiger partial charge in [-0.15, -0.1) is 0 Å². The molecule has 3 aromatic heterocycles. The Kier molecular flexibility index (Phi) is 8.37. The second kappa shape index (κ2) is 13.4. The smallest absolute Gasteiger partial charge is 0.262 e. The number of halogens is 2. The van der Waals surface area contributed by atoms with Crippen LogP contribution in [0.1, 0.15) is 63.6 Å². The number of carbonyl (C=O) groups excluding carboxylic acids is 4. The van der Waals surface area contributed by atoms with Gasteiger partial charge in [-0.25, -0.2) is 23.3 Å². The van der Waals surface area contributed by atoms with Crippen LogP contribution in [0.3, 0.4) is 0 Å². The van der Waals surface area contributed by atoms with Crippen LogP contribution in [-0.2, 0) is 16.1 Å². The number of aromatic nitrogens is 4. The summed E-state index contributed by atoms with van der Waals surface area (Å²) >= 11 is 0. The maximum Gasteiger partial charge on any atom is 0.262 e. The number of pyridine rings is 1. The zero-order valence-electron chi connectivity index (χ0n) is 29.1. The first-order chi connectivity index (χ1) is 26.2. The molecule has 0 saturated carbocycles. The Morgan fingerprint density at radius 1 is 0.778 bits per heavy atom. The maximum absolute atomic E-state index is 14.8. The molecule has 1 unspecified atom stereocenters. The molecule has 3 fully saturated rings. The highest BCUT2D eigenvalue weighted by molar-refractivity contribution is 6.23. The molecule has 0 bridgehead atoms. The van der Waals surface area contributed by atoms with E-state index in [1.807, 2.05) is 36.5 Å². The molecule has 4 aliphatic rings. The van der Waals surface area contributed by atoms with Crippen LogP contribution in [0, 0.1) is 11.6 Å². The number of nitrogens with zero attached hydrogens (tertiary/aromatic N) is 8. The second-order valence-corrected chi connectivity index (χ2v) is 14.1. The molecule has 0 radical (unpaired) electrons. The lowest BCUT2D eigenvalue weighted by molar-refractivity contribution is -0.136. The van der Waals surface area contributed by atoms with E-state index in [4.69, 9.17) is 9.97 Å². The van der Waals surface area contributed by atoms with Gasteiger partial charge in [0, 0.05) is 63.5 Å². The zero-order chi connectivity index (χ0) is 37.1. The number of hydrogen-bond acceptors (Lipinski definition) is 10. The van der Waals surface area contributed by atoms with Crippen LogP contribution in [0.5, 0.6) is 0 Å². The summed E-state index contributed by atoms with van der Waals surface area (Å²) in [6, 6.07) is 15.5. The Labute approximate surface area is 308 Å². The van der Waals surface area contributed by atoms with Gasteiger partial charge in [0.15, 0.2) is 5.65 Å². The van der Waals surface area contributed by atoms with Gasteiger partial charge in [0.1, 0.15) is 29.3 Å². The van der Waals surface area contributed by atoms with Gasteiger partial charge in [-0.05, 0) is 61.2 Å². The van der Waals surface area contributed by atoms with Crippen molar-refractivity contribution in [1.82, 2.24) is 34.7 Å². The minimum atomic E-state index is -0.996. The average Bonchev–Trinajstić information content (AvgIpc) is 3.89. The molecule has 4 amide bonds. The summed E-state index contributed by atoms with van der Waals surface area (Å²) < 4.78 is 30.1. The van der Waals surface area contributed by atoms with Gasteiger partial charge in [-0.2, -0.15) is 5.10 Å². The lowest BCUT2D eigenvalue weighted by atomic mass is 10.0. The number of nitrogens with one attached hydrogen (secondary N) is 1. The maximum atomic E-state index is 14.8. The first kappa shape index (κ1) is 33.7. The van der Waals surface area contributed by atoms with Gasteiger partial charge in [0.25, 0.3) is 11.8 Å². The van der Waals surface area contributed by atoms with Crippen LogP contribution < -0.4 is 15.1 Å². The fourth-order valence-corrected chi connectivity index (χ4v) is 8.10. The lowest BCUT2D eigenvalue weighted by Crippen LogP contribution is -2.54. The highest BCUT2D eigenvalue weighted by atomic mass is 19.1. The van der Waals surface area contributed by atoms with Gasteiger partial charge in [0.05, 0.1) is 34.6 Å². The second-order valence-electron chi connectivity index (χ2n) is 14.1. The van der Waals surface area contributed by atoms with E-state index >= 15 is 0 Å². The van der Waals surface area contributed by atoms with Crippen molar-refractivity contribution in [3.8, 4) is 11.3 Å². The van der Waals surface area contributed by atoms with Crippen molar-refractivity contribution in [2.45, 2.75) is 44.3 Å². The number of fused-ring (bicyclic) bond motifs is 2. The van der Waals surface area contributed by atoms with Crippen LogP contribution in [0.25, 0.3) is 16.9 Å². The number of piperazine rings is 1. The molecule has 13 nitrogen and oxygen atoms in total. The van der Waals surface area contributed by atoms with Crippen LogP contribution in [0.4, 0.5) is 20.4 Å². The number of amides is 4. The van der Waals surface area contributed by atoms with Crippen molar-refractivity contribution in [2.24, 2.45) is 0 Å². The van der Waals surface area contributed by atoms with Gasteiger partial charge >= 0.3 is 0 Å². The molecule has 15 heteroatoms. The summed E-state index contributed by atoms with van der Waals surface area (Å²) in [7, 11) is 0. The molecule has 2 aromatic carbocycles. The van der Waals surface area contributed by atoms with E-state index in [0.29, 0.717) is 30.1 Å². The largest absolute Gasteiger partial charge is 0.354 e. The molecule has 0 aliphatic carbocycles. The van der Waals surface area contributed by atoms with Gasteiger partial charge < -0.3 is 9.80 Å². The molecular formula is C39H35F2N9O4. The number of piperidine rings is 1. The monoisotopic (exact) mass is 731 g/mol. The van der Waals surface area contributed by atoms with Crippen molar-refractivity contribution >= 4 is 40.9 Å². The number of benzene rings is 2. The minimum Gasteiger partial charge on any atom is -0.354 e. The normalized spacial score (nSPS) is 20.7. The Balaban J connectivity index is 0.875. The number of imide groups is 2. The third-order valence-corrected chi connectivity index (χ3v) is 10.8. The number of hydrogen-bond donors (Lipinski definition) is 1. The first-order valence-corrected chi connectivity index (χ1v) is 18.1. The fourth-order valence-electron chi connectivity index (χ4n) is 8.10. The van der Waals surface area contributed by atoms with Crippen molar-refractivity contribution < 1.29 is 28.0 Å². The number of carbonyl (C=O) groups is 4. The van der Waals surface area contributed by atoms with E-state index in [9.17, 15) is 28.0 Å². The Morgan fingerprint density at radius 2 is 1.61 bits per heavy atom. The summed E-state index contributed by atoms with van der Waals surface area (Å²) in [4.78, 5) is 68.0. The summed E-state index contributed by atoms with van der Waals surface area (Å²) in [6.45, 7) is 4.19. The zero-order valence-corrected chi connectivity index (χ0v) is 29.1. The molecule has 2 atom stereocenters. The summed E-state index contributed by atoms with van der Waals surface area (Å²) in [6.07, 6.45) is 5.36. The summed E-state index contributed by atoms with van der Waals surface area (Å²) in [5.74, 6) is -1.71. The number of anilines is 2. The molecular weight excluding hydrogens is 696 g/mol. The topological polar surface area (TPSA) is 136 Å². The third-order valence-electron chi connectivity index (χ3n) is 10.8.